The van der Waals surface area contributed by atoms with E-state index in [1.807, 2.05) is 0 Å². The average Bonchev–Trinajstić information content (AvgIpc) is 3.94. The first kappa shape index (κ1) is 37.4. The molecular formula is C64H39NSe. The van der Waals surface area contributed by atoms with Crippen molar-refractivity contribution in [3.63, 3.8) is 0 Å². The zero-order valence-corrected chi connectivity index (χ0v) is 37.6. The maximum atomic E-state index is 2.43. The van der Waals surface area contributed by atoms with Gasteiger partial charge in [0, 0.05) is 0 Å². The van der Waals surface area contributed by atoms with Gasteiger partial charge in [-0.1, -0.05) is 36.4 Å². The second-order valence-electron chi connectivity index (χ2n) is 17.4. The van der Waals surface area contributed by atoms with Crippen LogP contribution in [0, 0.1) is 0 Å². The van der Waals surface area contributed by atoms with E-state index >= 15 is 0 Å². The molecule has 14 rings (SSSR count). The predicted octanol–water partition coefficient (Wildman–Crippen LogP) is 17.4. The van der Waals surface area contributed by atoms with Crippen LogP contribution in [-0.2, 0) is 0 Å². The van der Waals surface area contributed by atoms with E-state index in [-0.39, 0.29) is 14.5 Å². The van der Waals surface area contributed by atoms with Crippen LogP contribution in [0.4, 0.5) is 0 Å². The van der Waals surface area contributed by atoms with Crippen LogP contribution in [0.25, 0.3) is 134 Å². The van der Waals surface area contributed by atoms with Crippen molar-refractivity contribution in [2.24, 2.45) is 0 Å². The number of nitrogens with zero attached hydrogens (tertiary/aromatic N) is 1. The van der Waals surface area contributed by atoms with E-state index in [9.17, 15) is 0 Å². The summed E-state index contributed by atoms with van der Waals surface area (Å²) in [4.78, 5) is 0. The van der Waals surface area contributed by atoms with Crippen molar-refractivity contribution in [3.05, 3.63) is 237 Å². The zero-order valence-electron chi connectivity index (χ0n) is 35.9. The molecule has 0 saturated heterocycles. The van der Waals surface area contributed by atoms with Gasteiger partial charge in [0.25, 0.3) is 0 Å². The van der Waals surface area contributed by atoms with Gasteiger partial charge < -0.3 is 0 Å². The Bertz CT molecular complexity index is 4160. The molecule has 306 valence electrons. The van der Waals surface area contributed by atoms with Crippen LogP contribution in [0.5, 0.6) is 0 Å². The van der Waals surface area contributed by atoms with Crippen molar-refractivity contribution < 1.29 is 0 Å². The SMILES string of the molecule is c1ccc(-c2c3ccccc3c(-c3cccc4[se]c5cccc(-c6c7ccccc7c(-c7ccc8c9ccccc9n(-c9ccccc9)c8c7)c7ccccc67)c5c34)c3ccccc23)cc1. The third-order valence-corrected chi connectivity index (χ3v) is 16.3. The molecule has 12 aromatic carbocycles. The first-order valence-corrected chi connectivity index (χ1v) is 24.5. The third kappa shape index (κ3) is 5.47. The molecule has 0 aliphatic carbocycles. The van der Waals surface area contributed by atoms with Gasteiger partial charge in [-0.25, -0.2) is 0 Å². The molecule has 2 heteroatoms. The van der Waals surface area contributed by atoms with E-state index in [4.69, 9.17) is 0 Å². The molecule has 14 aromatic rings. The van der Waals surface area contributed by atoms with Gasteiger partial charge in [-0.15, -0.1) is 0 Å². The number of para-hydroxylation sites is 2. The first-order valence-electron chi connectivity index (χ1n) is 22.8. The van der Waals surface area contributed by atoms with Gasteiger partial charge in [-0.3, -0.25) is 0 Å². The Kier molecular flexibility index (Phi) is 8.37. The number of aromatic nitrogens is 1. The van der Waals surface area contributed by atoms with E-state index in [1.165, 1.54) is 134 Å². The molecule has 0 aliphatic rings. The van der Waals surface area contributed by atoms with Crippen molar-refractivity contribution >= 4 is 98.7 Å². The molecule has 0 bridgehead atoms. The zero-order chi connectivity index (χ0) is 43.3. The summed E-state index contributed by atoms with van der Waals surface area (Å²) in [5.41, 5.74) is 13.8. The minimum atomic E-state index is 0.143. The van der Waals surface area contributed by atoms with Gasteiger partial charge in [0.05, 0.1) is 0 Å². The summed E-state index contributed by atoms with van der Waals surface area (Å²) in [7, 11) is 0. The molecule has 0 unspecified atom stereocenters. The molecule has 0 amide bonds. The molecule has 0 fully saturated rings. The molecule has 66 heavy (non-hydrogen) atoms. The van der Waals surface area contributed by atoms with Crippen molar-refractivity contribution in [1.29, 1.82) is 0 Å². The van der Waals surface area contributed by atoms with Crippen LogP contribution in [0.2, 0.25) is 0 Å². The van der Waals surface area contributed by atoms with Gasteiger partial charge in [-0.2, -0.15) is 0 Å². The van der Waals surface area contributed by atoms with E-state index < -0.39 is 0 Å². The number of fused-ring (bicyclic) bond motifs is 10. The molecule has 2 aromatic heterocycles. The Balaban J connectivity index is 1.07. The maximum absolute atomic E-state index is 2.43. The normalized spacial score (nSPS) is 11.9. The standard InChI is InChI=1S/C64H39NSe/c1-3-19-40(20-4-1)59-45-24-7-11-28-49(45)61(50-29-12-8-25-46(50)59)53-32-17-35-57-63(53)64-54(33-18-36-58(64)66-57)62-51-30-13-9-26-47(51)60(48-27-10-14-31-52(48)62)41-37-38-44-43-23-15-16-34-55(43)65(56(44)39-41)42-21-5-2-6-22-42/h1-39H. The molecule has 0 saturated carbocycles. The molecule has 0 atom stereocenters. The van der Waals surface area contributed by atoms with Gasteiger partial charge in [0.2, 0.25) is 0 Å². The first-order chi connectivity index (χ1) is 32.8. The Morgan fingerprint density at radius 2 is 0.652 bits per heavy atom. The molecule has 0 aliphatic heterocycles. The molecule has 0 radical (unpaired) electrons. The minimum absolute atomic E-state index is 0.143. The monoisotopic (exact) mass is 901 g/mol. The Labute approximate surface area is 387 Å². The van der Waals surface area contributed by atoms with Crippen LogP contribution >= 0.6 is 0 Å². The predicted molar refractivity (Wildman–Crippen MR) is 285 cm³/mol. The van der Waals surface area contributed by atoms with Gasteiger partial charge in [0.1, 0.15) is 0 Å². The number of rotatable bonds is 5. The van der Waals surface area contributed by atoms with Crippen LogP contribution < -0.4 is 0 Å². The van der Waals surface area contributed by atoms with Crippen molar-refractivity contribution in [3.8, 4) is 50.2 Å². The Morgan fingerprint density at radius 1 is 0.258 bits per heavy atom. The van der Waals surface area contributed by atoms with Crippen LogP contribution in [-0.4, -0.2) is 19.1 Å². The van der Waals surface area contributed by atoms with E-state index in [2.05, 4.69) is 241 Å². The van der Waals surface area contributed by atoms with Crippen LogP contribution in [0.1, 0.15) is 0 Å². The third-order valence-electron chi connectivity index (χ3n) is 14.0. The molecule has 0 spiro atoms. The van der Waals surface area contributed by atoms with Crippen molar-refractivity contribution in [1.82, 2.24) is 4.57 Å². The number of hydrogen-bond donors (Lipinski definition) is 0. The quantitative estimate of drug-likeness (QED) is 0.120. The van der Waals surface area contributed by atoms with E-state index in [1.54, 1.807) is 0 Å². The van der Waals surface area contributed by atoms with Crippen molar-refractivity contribution in [2.75, 3.05) is 0 Å². The van der Waals surface area contributed by atoms with Crippen molar-refractivity contribution in [2.45, 2.75) is 0 Å². The summed E-state index contributed by atoms with van der Waals surface area (Å²) in [5.74, 6) is 0. The Hall–Kier alpha value is -8.00. The molecule has 0 N–H and O–H groups in total. The summed E-state index contributed by atoms with van der Waals surface area (Å²) in [6.45, 7) is 0. The number of hydrogen-bond acceptors (Lipinski definition) is 0. The van der Waals surface area contributed by atoms with Crippen LogP contribution in [0.15, 0.2) is 237 Å². The van der Waals surface area contributed by atoms with E-state index in [0.29, 0.717) is 0 Å². The molecule has 2 heterocycles. The van der Waals surface area contributed by atoms with Gasteiger partial charge in [0.15, 0.2) is 0 Å². The average molecular weight is 901 g/mol. The molecular weight excluding hydrogens is 862 g/mol. The fourth-order valence-corrected chi connectivity index (χ4v) is 13.8. The summed E-state index contributed by atoms with van der Waals surface area (Å²) in [6, 6.07) is 88.2. The molecule has 1 nitrogen and oxygen atoms in total. The second-order valence-corrected chi connectivity index (χ2v) is 19.7. The van der Waals surface area contributed by atoms with Gasteiger partial charge in [-0.05, 0) is 18.2 Å². The summed E-state index contributed by atoms with van der Waals surface area (Å²) >= 11 is 0.143. The fraction of sp³-hybridized carbons (Fsp3) is 0. The van der Waals surface area contributed by atoms with Crippen LogP contribution in [0.3, 0.4) is 0 Å². The summed E-state index contributed by atoms with van der Waals surface area (Å²) in [5, 5.41) is 15.5. The summed E-state index contributed by atoms with van der Waals surface area (Å²) in [6.07, 6.45) is 0. The summed E-state index contributed by atoms with van der Waals surface area (Å²) < 4.78 is 5.31. The topological polar surface area (TPSA) is 4.93 Å². The second kappa shape index (κ2) is 14.8. The number of benzene rings is 12. The fourth-order valence-electron chi connectivity index (χ4n) is 11.3. The van der Waals surface area contributed by atoms with E-state index in [0.717, 1.165) is 0 Å². The Morgan fingerprint density at radius 3 is 1.15 bits per heavy atom. The van der Waals surface area contributed by atoms with Gasteiger partial charge >= 0.3 is 335 Å².